The maximum absolute atomic E-state index is 5.70. The summed E-state index contributed by atoms with van der Waals surface area (Å²) < 4.78 is 0. The van der Waals surface area contributed by atoms with Gasteiger partial charge in [0.1, 0.15) is 4.99 Å². The highest BCUT2D eigenvalue weighted by molar-refractivity contribution is 7.80. The van der Waals surface area contributed by atoms with E-state index < -0.39 is 0 Å². The van der Waals surface area contributed by atoms with Crippen molar-refractivity contribution in [1.29, 1.82) is 0 Å². The fourth-order valence-electron chi connectivity index (χ4n) is 3.02. The molecule has 0 radical (unpaired) electrons. The van der Waals surface area contributed by atoms with E-state index in [1.54, 1.807) is 0 Å². The molecule has 1 saturated carbocycles. The van der Waals surface area contributed by atoms with Gasteiger partial charge in [0.15, 0.2) is 0 Å². The molecule has 0 atom stereocenters. The molecule has 0 bridgehead atoms. The van der Waals surface area contributed by atoms with Gasteiger partial charge in [-0.15, -0.1) is 0 Å². The lowest BCUT2D eigenvalue weighted by atomic mass is 9.75. The van der Waals surface area contributed by atoms with Crippen molar-refractivity contribution in [3.8, 4) is 0 Å². The van der Waals surface area contributed by atoms with E-state index in [-0.39, 0.29) is 0 Å². The van der Waals surface area contributed by atoms with Crippen molar-refractivity contribution in [2.45, 2.75) is 31.3 Å². The van der Waals surface area contributed by atoms with Crippen LogP contribution in [-0.2, 0) is 6.54 Å². The van der Waals surface area contributed by atoms with E-state index in [9.17, 15) is 0 Å². The van der Waals surface area contributed by atoms with Crippen LogP contribution in [0.15, 0.2) is 24.3 Å². The first kappa shape index (κ1) is 15.4. The molecule has 2 N–H and O–H groups in total. The number of hydrogen-bond donors (Lipinski definition) is 1. The van der Waals surface area contributed by atoms with Crippen LogP contribution in [0, 0.1) is 0 Å². The van der Waals surface area contributed by atoms with Gasteiger partial charge in [-0.25, -0.2) is 0 Å². The largest absolute Gasteiger partial charge is 0.389 e. The Balaban J connectivity index is 1.99. The molecule has 1 aromatic carbocycles. The van der Waals surface area contributed by atoms with Crippen LogP contribution in [-0.4, -0.2) is 48.0 Å². The summed E-state index contributed by atoms with van der Waals surface area (Å²) >= 11 is 5.04. The Morgan fingerprint density at radius 1 is 1.30 bits per heavy atom. The van der Waals surface area contributed by atoms with Crippen LogP contribution in [0.3, 0.4) is 0 Å². The lowest BCUT2D eigenvalue weighted by molar-refractivity contribution is 0.0259. The zero-order chi connectivity index (χ0) is 14.8. The molecule has 0 amide bonds. The molecule has 1 aliphatic carbocycles. The van der Waals surface area contributed by atoms with Gasteiger partial charge >= 0.3 is 0 Å². The van der Waals surface area contributed by atoms with Gasteiger partial charge in [-0.3, -0.25) is 0 Å². The van der Waals surface area contributed by atoms with Gasteiger partial charge in [-0.1, -0.05) is 30.4 Å². The number of hydrogen-bond acceptors (Lipinski definition) is 3. The van der Waals surface area contributed by atoms with Crippen molar-refractivity contribution in [3.05, 3.63) is 35.4 Å². The average Bonchev–Trinajstić information content (AvgIpc) is 2.33. The molecule has 2 rings (SSSR count). The summed E-state index contributed by atoms with van der Waals surface area (Å²) in [5.41, 5.74) is 8.29. The van der Waals surface area contributed by atoms with Crippen molar-refractivity contribution in [2.75, 3.05) is 27.7 Å². The molecule has 110 valence electrons. The zero-order valence-corrected chi connectivity index (χ0v) is 13.5. The van der Waals surface area contributed by atoms with Crippen LogP contribution in [0.2, 0.25) is 0 Å². The molecule has 1 aliphatic rings. The van der Waals surface area contributed by atoms with Gasteiger partial charge in [-0.2, -0.15) is 0 Å². The van der Waals surface area contributed by atoms with E-state index in [2.05, 4.69) is 43.1 Å². The predicted octanol–water partition coefficient (Wildman–Crippen LogP) is 2.24. The number of benzene rings is 1. The summed E-state index contributed by atoms with van der Waals surface area (Å²) in [5, 5.41) is 0. The van der Waals surface area contributed by atoms with Crippen molar-refractivity contribution in [3.63, 3.8) is 0 Å². The molecule has 0 spiro atoms. The second-order valence-electron chi connectivity index (χ2n) is 6.21. The van der Waals surface area contributed by atoms with Gasteiger partial charge in [0.05, 0.1) is 0 Å². The standard InChI is InChI=1S/C16H25N3S/c1-18(2)16(8-5-9-16)12-19(3)11-13-6-4-7-14(10-13)15(17)20/h4,6-7,10H,5,8-9,11-12H2,1-3H3,(H2,17,20). The minimum atomic E-state index is 0.371. The summed E-state index contributed by atoms with van der Waals surface area (Å²) in [6, 6.07) is 8.24. The smallest absolute Gasteiger partial charge is 0.103 e. The number of likely N-dealkylation sites (N-methyl/N-ethyl adjacent to an activating group) is 2. The SMILES string of the molecule is CN(Cc1cccc(C(N)=S)c1)CC1(N(C)C)CCC1. The molecule has 0 heterocycles. The number of rotatable bonds is 6. The van der Waals surface area contributed by atoms with Gasteiger partial charge < -0.3 is 15.5 Å². The van der Waals surface area contributed by atoms with Crippen molar-refractivity contribution in [2.24, 2.45) is 5.73 Å². The molecule has 1 aromatic rings. The van der Waals surface area contributed by atoms with E-state index in [1.165, 1.54) is 24.8 Å². The van der Waals surface area contributed by atoms with Crippen molar-refractivity contribution in [1.82, 2.24) is 9.80 Å². The van der Waals surface area contributed by atoms with E-state index in [1.807, 2.05) is 12.1 Å². The van der Waals surface area contributed by atoms with Gasteiger partial charge in [0, 0.05) is 24.2 Å². The van der Waals surface area contributed by atoms with Gasteiger partial charge in [0.25, 0.3) is 0 Å². The first-order valence-corrected chi connectivity index (χ1v) is 7.58. The molecule has 0 unspecified atom stereocenters. The monoisotopic (exact) mass is 291 g/mol. The molecule has 20 heavy (non-hydrogen) atoms. The van der Waals surface area contributed by atoms with Crippen LogP contribution >= 0.6 is 12.2 Å². The number of thiocarbonyl (C=S) groups is 1. The van der Waals surface area contributed by atoms with E-state index in [4.69, 9.17) is 18.0 Å². The highest BCUT2D eigenvalue weighted by Gasteiger charge is 2.39. The molecule has 4 heteroatoms. The van der Waals surface area contributed by atoms with Crippen LogP contribution in [0.25, 0.3) is 0 Å². The average molecular weight is 291 g/mol. The third-order valence-corrected chi connectivity index (χ3v) is 4.70. The third-order valence-electron chi connectivity index (χ3n) is 4.46. The molecule has 0 aromatic heterocycles. The summed E-state index contributed by atoms with van der Waals surface area (Å²) in [5.74, 6) is 0. The third kappa shape index (κ3) is 3.37. The Labute approximate surface area is 127 Å². The minimum Gasteiger partial charge on any atom is -0.389 e. The molecule has 0 aliphatic heterocycles. The lowest BCUT2D eigenvalue weighted by Crippen LogP contribution is -2.56. The topological polar surface area (TPSA) is 32.5 Å². The summed E-state index contributed by atoms with van der Waals surface area (Å²) in [6.07, 6.45) is 3.96. The molecule has 3 nitrogen and oxygen atoms in total. The first-order valence-electron chi connectivity index (χ1n) is 7.18. The van der Waals surface area contributed by atoms with Crippen LogP contribution in [0.4, 0.5) is 0 Å². The van der Waals surface area contributed by atoms with Gasteiger partial charge in [0.2, 0.25) is 0 Å². The molecular formula is C16H25N3S. The highest BCUT2D eigenvalue weighted by Crippen LogP contribution is 2.36. The van der Waals surface area contributed by atoms with Gasteiger partial charge in [-0.05, 0) is 52.0 Å². The Kier molecular flexibility index (Phi) is 4.78. The first-order chi connectivity index (χ1) is 9.43. The fraction of sp³-hybridized carbons (Fsp3) is 0.562. The van der Waals surface area contributed by atoms with Crippen LogP contribution in [0.1, 0.15) is 30.4 Å². The zero-order valence-electron chi connectivity index (χ0n) is 12.7. The second-order valence-corrected chi connectivity index (χ2v) is 6.65. The Morgan fingerprint density at radius 2 is 2.00 bits per heavy atom. The fourth-order valence-corrected chi connectivity index (χ4v) is 3.15. The Hall–Kier alpha value is -0.970. The lowest BCUT2D eigenvalue weighted by Gasteiger charge is -2.49. The summed E-state index contributed by atoms with van der Waals surface area (Å²) in [6.45, 7) is 2.04. The second kappa shape index (κ2) is 6.20. The minimum absolute atomic E-state index is 0.371. The van der Waals surface area contributed by atoms with Crippen LogP contribution < -0.4 is 5.73 Å². The van der Waals surface area contributed by atoms with Crippen molar-refractivity contribution < 1.29 is 0 Å². The Morgan fingerprint density at radius 3 is 2.50 bits per heavy atom. The maximum atomic E-state index is 5.70. The normalized spacial score (nSPS) is 17.2. The van der Waals surface area contributed by atoms with E-state index >= 15 is 0 Å². The predicted molar refractivity (Wildman–Crippen MR) is 88.9 cm³/mol. The summed E-state index contributed by atoms with van der Waals surface area (Å²) in [7, 11) is 6.58. The molecular weight excluding hydrogens is 266 g/mol. The van der Waals surface area contributed by atoms with E-state index in [0.29, 0.717) is 10.5 Å². The maximum Gasteiger partial charge on any atom is 0.103 e. The quantitative estimate of drug-likeness (QED) is 0.815. The van der Waals surface area contributed by atoms with Crippen LogP contribution in [0.5, 0.6) is 0 Å². The summed E-state index contributed by atoms with van der Waals surface area (Å²) in [4.78, 5) is 5.26. The molecule has 1 fully saturated rings. The van der Waals surface area contributed by atoms with Crippen molar-refractivity contribution >= 4 is 17.2 Å². The number of nitrogens with two attached hydrogens (primary N) is 1. The number of nitrogens with zero attached hydrogens (tertiary/aromatic N) is 2. The molecule has 0 saturated heterocycles. The van der Waals surface area contributed by atoms with E-state index in [0.717, 1.165) is 18.7 Å². The Bertz CT molecular complexity index is 480. The highest BCUT2D eigenvalue weighted by atomic mass is 32.1.